The molecule has 1 heterocycles. The maximum absolute atomic E-state index is 13.1. The molecule has 0 aliphatic carbocycles. The zero-order valence-electron chi connectivity index (χ0n) is 16.0. The number of halogens is 6. The summed E-state index contributed by atoms with van der Waals surface area (Å²) in [4.78, 5) is 16.2. The van der Waals surface area contributed by atoms with E-state index in [0.29, 0.717) is 11.6 Å². The van der Waals surface area contributed by atoms with E-state index in [9.17, 15) is 26.4 Å². The van der Waals surface area contributed by atoms with Crippen LogP contribution in [0.15, 0.2) is 53.6 Å². The van der Waals surface area contributed by atoms with Crippen molar-refractivity contribution in [1.29, 1.82) is 0 Å². The van der Waals surface area contributed by atoms with Crippen LogP contribution in [-0.2, 0) is 16.2 Å². The van der Waals surface area contributed by atoms with Gasteiger partial charge in [0.1, 0.15) is 5.69 Å². The van der Waals surface area contributed by atoms with E-state index in [0.717, 1.165) is 24.4 Å². The van der Waals surface area contributed by atoms with E-state index in [1.54, 1.807) is 19.1 Å². The van der Waals surface area contributed by atoms with Crippen LogP contribution in [0, 0.1) is 6.92 Å². The van der Waals surface area contributed by atoms with Crippen molar-refractivity contribution >= 4 is 56.3 Å². The number of nitrogens with zero attached hydrogens (tertiary/aromatic N) is 1. The van der Waals surface area contributed by atoms with E-state index >= 15 is 0 Å². The molecule has 0 bridgehead atoms. The fourth-order valence-electron chi connectivity index (χ4n) is 2.74. The van der Waals surface area contributed by atoms with Crippen LogP contribution in [0.25, 0.3) is 0 Å². The molecule has 0 amide bonds. The average Bonchev–Trinajstić information content (AvgIpc) is 2.68. The van der Waals surface area contributed by atoms with Crippen molar-refractivity contribution in [2.24, 2.45) is 0 Å². The highest BCUT2D eigenvalue weighted by Crippen LogP contribution is 2.36. The average molecular weight is 524 g/mol. The molecule has 1 N–H and O–H groups in total. The number of hydrogen-bond acceptors (Lipinski definition) is 4. The van der Waals surface area contributed by atoms with Crippen molar-refractivity contribution in [3.63, 3.8) is 0 Å². The Morgan fingerprint density at radius 1 is 1.06 bits per heavy atom. The first-order chi connectivity index (χ1) is 14.8. The van der Waals surface area contributed by atoms with Gasteiger partial charge in [0.2, 0.25) is 5.78 Å². The number of carbonyl (C=O) groups is 1. The lowest BCUT2D eigenvalue weighted by Crippen LogP contribution is -2.18. The van der Waals surface area contributed by atoms with Crippen LogP contribution in [0.1, 0.15) is 27.2 Å². The number of aromatic nitrogens is 1. The number of sulfonamides is 1. The fraction of sp³-hybridized carbons (Fsp3) is 0.100. The Hall–Kier alpha value is -2.33. The molecule has 32 heavy (non-hydrogen) atoms. The van der Waals surface area contributed by atoms with E-state index in [2.05, 4.69) is 9.71 Å². The van der Waals surface area contributed by atoms with Gasteiger partial charge in [-0.25, -0.2) is 13.4 Å². The van der Waals surface area contributed by atoms with Crippen molar-refractivity contribution in [2.75, 3.05) is 4.72 Å². The molecule has 0 radical (unpaired) electrons. The summed E-state index contributed by atoms with van der Waals surface area (Å²) >= 11 is 17.7. The van der Waals surface area contributed by atoms with E-state index in [-0.39, 0.29) is 27.0 Å². The second-order valence-electron chi connectivity index (χ2n) is 6.56. The summed E-state index contributed by atoms with van der Waals surface area (Å²) in [6.45, 7) is 1.68. The van der Waals surface area contributed by atoms with Gasteiger partial charge in [-0.1, -0.05) is 46.9 Å². The van der Waals surface area contributed by atoms with Crippen molar-refractivity contribution in [1.82, 2.24) is 4.98 Å². The van der Waals surface area contributed by atoms with Gasteiger partial charge >= 0.3 is 6.18 Å². The molecule has 0 fully saturated rings. The lowest BCUT2D eigenvalue weighted by molar-refractivity contribution is -0.137. The minimum Gasteiger partial charge on any atom is -0.287 e. The largest absolute Gasteiger partial charge is 0.417 e. The van der Waals surface area contributed by atoms with Gasteiger partial charge in [0, 0.05) is 11.8 Å². The van der Waals surface area contributed by atoms with Crippen molar-refractivity contribution in [3.05, 3.63) is 86.1 Å². The van der Waals surface area contributed by atoms with Crippen LogP contribution in [0.2, 0.25) is 15.1 Å². The second kappa shape index (κ2) is 8.90. The van der Waals surface area contributed by atoms with E-state index < -0.39 is 37.5 Å². The van der Waals surface area contributed by atoms with Gasteiger partial charge in [-0.3, -0.25) is 9.52 Å². The molecule has 0 atom stereocenters. The number of anilines is 1. The molecule has 2 aromatic carbocycles. The number of benzene rings is 2. The molecule has 0 aliphatic heterocycles. The lowest BCUT2D eigenvalue weighted by atomic mass is 10.0. The number of rotatable bonds is 5. The number of carbonyl (C=O) groups excluding carboxylic acids is 1. The molecule has 12 heteroatoms. The monoisotopic (exact) mass is 522 g/mol. The highest BCUT2D eigenvalue weighted by atomic mass is 35.5. The van der Waals surface area contributed by atoms with Crippen LogP contribution >= 0.6 is 34.8 Å². The minimum absolute atomic E-state index is 0.0123. The summed E-state index contributed by atoms with van der Waals surface area (Å²) in [6, 6.07) is 7.91. The summed E-state index contributed by atoms with van der Waals surface area (Å²) < 4.78 is 67.1. The molecule has 0 unspecified atom stereocenters. The van der Waals surface area contributed by atoms with Gasteiger partial charge in [0.05, 0.1) is 31.2 Å². The molecule has 0 saturated heterocycles. The van der Waals surface area contributed by atoms with Gasteiger partial charge in [-0.05, 0) is 42.8 Å². The highest BCUT2D eigenvalue weighted by molar-refractivity contribution is 7.92. The number of ketones is 1. The Morgan fingerprint density at radius 2 is 1.75 bits per heavy atom. The maximum Gasteiger partial charge on any atom is 0.417 e. The van der Waals surface area contributed by atoms with Gasteiger partial charge < -0.3 is 0 Å². The van der Waals surface area contributed by atoms with Gasteiger partial charge in [0.25, 0.3) is 10.0 Å². The summed E-state index contributed by atoms with van der Waals surface area (Å²) in [6.07, 6.45) is -3.75. The second-order valence-corrected chi connectivity index (χ2v) is 9.46. The Morgan fingerprint density at radius 3 is 2.41 bits per heavy atom. The lowest BCUT2D eigenvalue weighted by Gasteiger charge is -2.14. The first kappa shape index (κ1) is 24.3. The third kappa shape index (κ3) is 5.01. The highest BCUT2D eigenvalue weighted by Gasteiger charge is 2.35. The topological polar surface area (TPSA) is 76.1 Å². The molecule has 5 nitrogen and oxygen atoms in total. The molecule has 168 valence electrons. The summed E-state index contributed by atoms with van der Waals surface area (Å²) in [5, 5.41) is -0.525. The van der Waals surface area contributed by atoms with Crippen molar-refractivity contribution in [3.8, 4) is 0 Å². The van der Waals surface area contributed by atoms with Crippen LogP contribution in [0.3, 0.4) is 0 Å². The third-order valence-corrected chi connectivity index (χ3v) is 6.70. The third-order valence-electron chi connectivity index (χ3n) is 4.30. The number of hydrogen-bond donors (Lipinski definition) is 1. The SMILES string of the molecule is Cc1cccc(C(=O)c2ncc(Cl)cc2NS(=O)(=O)c2ccc(Cl)c(C(F)(F)F)c2)c1Cl. The Kier molecular flexibility index (Phi) is 6.76. The molecular formula is C20H12Cl3F3N2O3S. The molecule has 0 saturated carbocycles. The van der Waals surface area contributed by atoms with Crippen molar-refractivity contribution in [2.45, 2.75) is 18.0 Å². The van der Waals surface area contributed by atoms with Crippen LogP contribution < -0.4 is 4.72 Å². The standard InChI is InChI=1S/C20H12Cl3F3N2O3S/c1-10-3-2-4-13(17(10)23)19(29)18-16(7-11(21)9-27-18)28-32(30,31)12-5-6-15(22)14(8-12)20(24,25)26/h2-9,28H,1H3. The van der Waals surface area contributed by atoms with Crippen molar-refractivity contribution < 1.29 is 26.4 Å². The number of alkyl halides is 3. The number of nitrogens with one attached hydrogen (secondary N) is 1. The van der Waals surface area contributed by atoms with Gasteiger partial charge in [-0.2, -0.15) is 13.2 Å². The van der Waals surface area contributed by atoms with Crippen LogP contribution in [0.4, 0.5) is 18.9 Å². The summed E-state index contributed by atoms with van der Waals surface area (Å²) in [5.74, 6) is -0.708. The molecule has 1 aromatic heterocycles. The quantitative estimate of drug-likeness (QED) is 0.393. The molecule has 3 rings (SSSR count). The first-order valence-electron chi connectivity index (χ1n) is 8.66. The molecule has 0 aliphatic rings. The fourth-order valence-corrected chi connectivity index (χ4v) is 4.42. The summed E-state index contributed by atoms with van der Waals surface area (Å²) in [7, 11) is -4.58. The van der Waals surface area contributed by atoms with E-state index in [1.165, 1.54) is 6.07 Å². The van der Waals surface area contributed by atoms with Crippen LogP contribution in [-0.4, -0.2) is 19.2 Å². The van der Waals surface area contributed by atoms with Crippen LogP contribution in [0.5, 0.6) is 0 Å². The molecular weight excluding hydrogens is 512 g/mol. The number of pyridine rings is 1. The molecule has 0 spiro atoms. The minimum atomic E-state index is -4.87. The Bertz CT molecular complexity index is 1330. The van der Waals surface area contributed by atoms with E-state index in [1.807, 2.05) is 0 Å². The Labute approximate surface area is 196 Å². The predicted molar refractivity (Wildman–Crippen MR) is 116 cm³/mol. The normalized spacial score (nSPS) is 12.0. The zero-order chi connectivity index (χ0) is 23.8. The van der Waals surface area contributed by atoms with E-state index in [4.69, 9.17) is 34.8 Å². The number of aryl methyl sites for hydroxylation is 1. The predicted octanol–water partition coefficient (Wildman–Crippen LogP) is 6.40. The summed E-state index contributed by atoms with van der Waals surface area (Å²) in [5.41, 5.74) is -1.32. The maximum atomic E-state index is 13.1. The smallest absolute Gasteiger partial charge is 0.287 e. The zero-order valence-corrected chi connectivity index (χ0v) is 19.1. The van der Waals surface area contributed by atoms with Gasteiger partial charge in [-0.15, -0.1) is 0 Å². The molecule has 3 aromatic rings. The first-order valence-corrected chi connectivity index (χ1v) is 11.3. The van der Waals surface area contributed by atoms with Gasteiger partial charge in [0.15, 0.2) is 0 Å². The Balaban J connectivity index is 2.07.